The number of pyridine rings is 1. The molecule has 3 N–H and O–H groups in total. The van der Waals surface area contributed by atoms with Crippen molar-refractivity contribution in [3.05, 3.63) is 45.8 Å². The molecule has 2 rings (SSSR count). The van der Waals surface area contributed by atoms with Gasteiger partial charge >= 0.3 is 0 Å². The fraction of sp³-hybridized carbons (Fsp3) is 0.167. The second kappa shape index (κ2) is 4.97. The Labute approximate surface area is 103 Å². The van der Waals surface area contributed by atoms with E-state index in [0.717, 1.165) is 5.56 Å². The lowest BCUT2D eigenvalue weighted by atomic mass is 10.2. The molecule has 0 spiro atoms. The molecule has 2 heterocycles. The zero-order valence-electron chi connectivity index (χ0n) is 9.43. The summed E-state index contributed by atoms with van der Waals surface area (Å²) < 4.78 is 0. The molecule has 0 aromatic carbocycles. The molecule has 88 valence electrons. The number of nitrogens with two attached hydrogens (primary N) is 1. The molecule has 0 bridgehead atoms. The predicted molar refractivity (Wildman–Crippen MR) is 68.9 cm³/mol. The van der Waals surface area contributed by atoms with E-state index in [-0.39, 0.29) is 5.91 Å². The molecule has 0 aliphatic heterocycles. The van der Waals surface area contributed by atoms with Gasteiger partial charge in [-0.3, -0.25) is 4.79 Å². The van der Waals surface area contributed by atoms with Crippen LogP contribution in [0.15, 0.2) is 29.1 Å². The van der Waals surface area contributed by atoms with Gasteiger partial charge < -0.3 is 11.1 Å². The molecule has 0 radical (unpaired) electrons. The summed E-state index contributed by atoms with van der Waals surface area (Å²) in [6.45, 7) is 2.57. The second-order valence-corrected chi connectivity index (χ2v) is 4.48. The third-order valence-electron chi connectivity index (χ3n) is 2.45. The number of thiophene rings is 1. The maximum atomic E-state index is 11.8. The van der Waals surface area contributed by atoms with E-state index in [9.17, 15) is 4.79 Å². The number of hydrogen-bond donors (Lipinski definition) is 2. The number of nitrogens with one attached hydrogen (secondary N) is 1. The molecule has 0 aliphatic carbocycles. The SMILES string of the molecule is Cc1cscc1CNC(=O)c1ccc(N)nc1. The first-order valence-corrected chi connectivity index (χ1v) is 6.12. The predicted octanol–water partition coefficient (Wildman–Crippen LogP) is 1.96. The molecule has 5 heteroatoms. The van der Waals surface area contributed by atoms with E-state index in [1.165, 1.54) is 11.8 Å². The molecule has 1 amide bonds. The highest BCUT2D eigenvalue weighted by Gasteiger charge is 2.06. The topological polar surface area (TPSA) is 68.0 Å². The molecule has 0 aliphatic rings. The summed E-state index contributed by atoms with van der Waals surface area (Å²) in [6, 6.07) is 3.28. The van der Waals surface area contributed by atoms with Crippen molar-refractivity contribution in [1.29, 1.82) is 0 Å². The molecule has 17 heavy (non-hydrogen) atoms. The smallest absolute Gasteiger partial charge is 0.253 e. The first-order chi connectivity index (χ1) is 8.16. The number of nitrogen functional groups attached to an aromatic ring is 1. The quantitative estimate of drug-likeness (QED) is 0.871. The van der Waals surface area contributed by atoms with Crippen LogP contribution >= 0.6 is 11.3 Å². The van der Waals surface area contributed by atoms with Gasteiger partial charge in [0.15, 0.2) is 0 Å². The van der Waals surface area contributed by atoms with Crippen LogP contribution in [0, 0.1) is 6.92 Å². The van der Waals surface area contributed by atoms with Crippen molar-refractivity contribution >= 4 is 23.1 Å². The van der Waals surface area contributed by atoms with Crippen LogP contribution in [0.5, 0.6) is 0 Å². The fourth-order valence-corrected chi connectivity index (χ4v) is 2.24. The Morgan fingerprint density at radius 3 is 2.88 bits per heavy atom. The number of carbonyl (C=O) groups excluding carboxylic acids is 1. The molecular formula is C12H13N3OS. The van der Waals surface area contributed by atoms with Gasteiger partial charge in [0.05, 0.1) is 5.56 Å². The van der Waals surface area contributed by atoms with Crippen LogP contribution in [0.2, 0.25) is 0 Å². The average molecular weight is 247 g/mol. The van der Waals surface area contributed by atoms with E-state index in [4.69, 9.17) is 5.73 Å². The Hall–Kier alpha value is -1.88. The lowest BCUT2D eigenvalue weighted by molar-refractivity contribution is 0.0950. The number of hydrogen-bond acceptors (Lipinski definition) is 4. The van der Waals surface area contributed by atoms with Crippen molar-refractivity contribution < 1.29 is 4.79 Å². The van der Waals surface area contributed by atoms with Gasteiger partial charge in [-0.05, 0) is 40.9 Å². The number of nitrogens with zero attached hydrogens (tertiary/aromatic N) is 1. The van der Waals surface area contributed by atoms with Gasteiger partial charge in [0.25, 0.3) is 5.91 Å². The molecule has 0 unspecified atom stereocenters. The van der Waals surface area contributed by atoms with Crippen molar-refractivity contribution in [3.8, 4) is 0 Å². The van der Waals surface area contributed by atoms with Crippen molar-refractivity contribution in [3.63, 3.8) is 0 Å². The van der Waals surface area contributed by atoms with Crippen LogP contribution in [0.4, 0.5) is 5.82 Å². The monoisotopic (exact) mass is 247 g/mol. The van der Waals surface area contributed by atoms with Crippen LogP contribution in [0.25, 0.3) is 0 Å². The van der Waals surface area contributed by atoms with Crippen molar-refractivity contribution in [2.24, 2.45) is 0 Å². The Morgan fingerprint density at radius 2 is 2.29 bits per heavy atom. The summed E-state index contributed by atoms with van der Waals surface area (Å²) in [5.74, 6) is 0.276. The number of aryl methyl sites for hydroxylation is 1. The zero-order valence-corrected chi connectivity index (χ0v) is 10.3. The molecular weight excluding hydrogens is 234 g/mol. The standard InChI is InChI=1S/C12H13N3OS/c1-8-6-17-7-10(8)5-15-12(16)9-2-3-11(13)14-4-9/h2-4,6-7H,5H2,1H3,(H2,13,14)(H,15,16). The number of carbonyl (C=O) groups is 1. The second-order valence-electron chi connectivity index (χ2n) is 3.73. The highest BCUT2D eigenvalue weighted by atomic mass is 32.1. The van der Waals surface area contributed by atoms with E-state index in [1.807, 2.05) is 12.3 Å². The average Bonchev–Trinajstić information content (AvgIpc) is 2.73. The Morgan fingerprint density at radius 1 is 1.47 bits per heavy atom. The van der Waals surface area contributed by atoms with Gasteiger partial charge in [-0.1, -0.05) is 0 Å². The van der Waals surface area contributed by atoms with E-state index in [0.29, 0.717) is 17.9 Å². The van der Waals surface area contributed by atoms with Crippen LogP contribution < -0.4 is 11.1 Å². The van der Waals surface area contributed by atoms with E-state index in [2.05, 4.69) is 15.7 Å². The highest BCUT2D eigenvalue weighted by molar-refractivity contribution is 7.08. The molecule has 0 saturated carbocycles. The number of amides is 1. The Balaban J connectivity index is 1.98. The minimum absolute atomic E-state index is 0.136. The van der Waals surface area contributed by atoms with Crippen molar-refractivity contribution in [2.75, 3.05) is 5.73 Å². The molecule has 0 saturated heterocycles. The van der Waals surface area contributed by atoms with E-state index >= 15 is 0 Å². The maximum absolute atomic E-state index is 11.8. The first kappa shape index (κ1) is 11.6. The van der Waals surface area contributed by atoms with Crippen LogP contribution in [0.1, 0.15) is 21.5 Å². The summed E-state index contributed by atoms with van der Waals surface area (Å²) in [5, 5.41) is 6.95. The summed E-state index contributed by atoms with van der Waals surface area (Å²) in [5.41, 5.74) is 8.32. The van der Waals surface area contributed by atoms with E-state index in [1.54, 1.807) is 23.5 Å². The first-order valence-electron chi connectivity index (χ1n) is 5.18. The van der Waals surface area contributed by atoms with Gasteiger partial charge in [0.2, 0.25) is 0 Å². The maximum Gasteiger partial charge on any atom is 0.253 e. The largest absolute Gasteiger partial charge is 0.384 e. The van der Waals surface area contributed by atoms with Crippen LogP contribution in [-0.4, -0.2) is 10.9 Å². The molecule has 4 nitrogen and oxygen atoms in total. The third kappa shape index (κ3) is 2.82. The summed E-state index contributed by atoms with van der Waals surface area (Å²) >= 11 is 1.64. The van der Waals surface area contributed by atoms with Gasteiger partial charge in [-0.2, -0.15) is 11.3 Å². The van der Waals surface area contributed by atoms with Gasteiger partial charge in [0.1, 0.15) is 5.82 Å². The normalized spacial score (nSPS) is 10.2. The summed E-state index contributed by atoms with van der Waals surface area (Å²) in [6.07, 6.45) is 1.48. The van der Waals surface area contributed by atoms with Crippen LogP contribution in [-0.2, 0) is 6.54 Å². The van der Waals surface area contributed by atoms with Gasteiger partial charge in [-0.25, -0.2) is 4.98 Å². The summed E-state index contributed by atoms with van der Waals surface area (Å²) in [4.78, 5) is 15.7. The molecule has 2 aromatic rings. The molecule has 0 atom stereocenters. The minimum atomic E-state index is -0.136. The highest BCUT2D eigenvalue weighted by Crippen LogP contribution is 2.13. The van der Waals surface area contributed by atoms with Crippen molar-refractivity contribution in [2.45, 2.75) is 13.5 Å². The van der Waals surface area contributed by atoms with Gasteiger partial charge in [-0.15, -0.1) is 0 Å². The lowest BCUT2D eigenvalue weighted by Gasteiger charge is -2.04. The Kier molecular flexibility index (Phi) is 3.39. The molecule has 0 fully saturated rings. The van der Waals surface area contributed by atoms with Crippen molar-refractivity contribution in [1.82, 2.24) is 10.3 Å². The zero-order chi connectivity index (χ0) is 12.3. The minimum Gasteiger partial charge on any atom is -0.384 e. The fourth-order valence-electron chi connectivity index (χ4n) is 1.39. The van der Waals surface area contributed by atoms with E-state index < -0.39 is 0 Å². The lowest BCUT2D eigenvalue weighted by Crippen LogP contribution is -2.23. The molecule has 2 aromatic heterocycles. The van der Waals surface area contributed by atoms with Gasteiger partial charge in [0, 0.05) is 12.7 Å². The Bertz CT molecular complexity index is 519. The summed E-state index contributed by atoms with van der Waals surface area (Å²) in [7, 11) is 0. The number of anilines is 1. The van der Waals surface area contributed by atoms with Crippen LogP contribution in [0.3, 0.4) is 0 Å². The number of aromatic nitrogens is 1. The number of rotatable bonds is 3. The third-order valence-corrected chi connectivity index (χ3v) is 3.36.